The maximum absolute atomic E-state index is 12.7. The zero-order chi connectivity index (χ0) is 66.3. The van der Waals surface area contributed by atoms with E-state index < -0.39 is 34.3 Å². The predicted octanol–water partition coefficient (Wildman–Crippen LogP) is 11.8. The van der Waals surface area contributed by atoms with Gasteiger partial charge in [0, 0.05) is 96.3 Å². The molecule has 2 aliphatic rings. The van der Waals surface area contributed by atoms with Crippen molar-refractivity contribution in [2.75, 3.05) is 36.8 Å². The Balaban J connectivity index is 0.000000228. The molecule has 0 saturated carbocycles. The lowest BCUT2D eigenvalue weighted by Crippen LogP contribution is -2.47. The van der Waals surface area contributed by atoms with Crippen LogP contribution in [0.3, 0.4) is 0 Å². The van der Waals surface area contributed by atoms with Gasteiger partial charge in [0.1, 0.15) is 39.0 Å². The number of benzene rings is 2. The number of anilines is 2. The summed E-state index contributed by atoms with van der Waals surface area (Å²) in [5.41, 5.74) is 8.62. The molecular weight excluding hydrogens is 1300 g/mol. The summed E-state index contributed by atoms with van der Waals surface area (Å²) in [6, 6.07) is 28.2. The third-order valence-electron chi connectivity index (χ3n) is 14.0. The molecule has 498 valence electrons. The minimum atomic E-state index is -0.750. The lowest BCUT2D eigenvalue weighted by molar-refractivity contribution is 0.0196. The first-order valence-corrected chi connectivity index (χ1v) is 31.0. The van der Waals surface area contributed by atoms with Crippen LogP contribution in [0.2, 0.25) is 5.15 Å². The van der Waals surface area contributed by atoms with E-state index in [1.165, 1.54) is 5.56 Å². The number of nitrogens with zero attached hydrogens (tertiary/aromatic N) is 14. The Morgan fingerprint density at radius 1 is 0.553 bits per heavy atom. The second-order valence-corrected chi connectivity index (χ2v) is 24.2. The number of aromatic nitrogens is 12. The van der Waals surface area contributed by atoms with Crippen molar-refractivity contribution in [2.24, 2.45) is 0 Å². The van der Waals surface area contributed by atoms with Gasteiger partial charge in [-0.3, -0.25) is 0 Å². The Labute approximate surface area is 569 Å². The number of piperidine rings is 2. The number of nitrogens with one attached hydrogen (secondary N) is 2. The molecule has 2 fully saturated rings. The number of para-hydroxylation sites is 2. The second kappa shape index (κ2) is 33.7. The largest absolute Gasteiger partial charge is 0.444 e. The summed E-state index contributed by atoms with van der Waals surface area (Å²) in [6.45, 7) is 23.2. The summed E-state index contributed by atoms with van der Waals surface area (Å²) in [5, 5.41) is 16.9. The van der Waals surface area contributed by atoms with E-state index in [2.05, 4.69) is 81.9 Å². The zero-order valence-electron chi connectivity index (χ0n) is 53.7. The van der Waals surface area contributed by atoms with Crippen molar-refractivity contribution in [1.29, 1.82) is 0 Å². The molecule has 12 rings (SSSR count). The fraction of sp³-hybridized carbons (Fsp3) is 0.365. The highest BCUT2D eigenvalue weighted by Crippen LogP contribution is 2.35. The van der Waals surface area contributed by atoms with Crippen LogP contribution in [0.15, 0.2) is 119 Å². The van der Waals surface area contributed by atoms with Crippen LogP contribution in [0.5, 0.6) is 0 Å². The zero-order valence-corrected chi connectivity index (χ0v) is 58.1. The van der Waals surface area contributed by atoms with E-state index in [0.717, 1.165) is 81.5 Å². The van der Waals surface area contributed by atoms with Crippen molar-refractivity contribution in [3.63, 3.8) is 0 Å². The molecular formula is C63H75ClN16O10S4. The molecule has 26 nitrogen and oxygen atoms in total. The molecule has 31 heteroatoms. The van der Waals surface area contributed by atoms with E-state index in [9.17, 15) is 9.59 Å². The van der Waals surface area contributed by atoms with E-state index in [-0.39, 0.29) is 51.3 Å². The molecule has 2 amide bonds. The minimum absolute atomic E-state index is 0. The average Bonchev–Trinajstić information content (AvgIpc) is 1.61. The quantitative estimate of drug-likeness (QED) is 0.127. The summed E-state index contributed by atoms with van der Waals surface area (Å²) in [7, 11) is 0. The predicted molar refractivity (Wildman–Crippen MR) is 368 cm³/mol. The number of amides is 2. The molecule has 2 saturated heterocycles. The maximum Gasteiger partial charge on any atom is 0.410 e. The van der Waals surface area contributed by atoms with Crippen molar-refractivity contribution in [3.8, 4) is 45.8 Å². The lowest BCUT2D eigenvalue weighted by Gasteiger charge is -2.34. The number of ether oxygens (including phenoxy) is 2. The number of hydrogen-bond donors (Lipinski definition) is 2. The highest BCUT2D eigenvalue weighted by atomic mass is 35.5. The molecule has 10 heterocycles. The molecule has 0 bridgehead atoms. The van der Waals surface area contributed by atoms with Crippen molar-refractivity contribution >= 4 is 108 Å². The first kappa shape index (κ1) is 74.1. The summed E-state index contributed by atoms with van der Waals surface area (Å²) in [6.07, 6.45) is 10.7. The monoisotopic (exact) mass is 1380 g/mol. The lowest BCUT2D eigenvalue weighted by atomic mass is 10.1. The molecule has 2 N–H and O–H groups in total. The first-order valence-electron chi connectivity index (χ1n) is 29.3. The highest BCUT2D eigenvalue weighted by molar-refractivity contribution is 7.59. The Morgan fingerprint density at radius 2 is 0.979 bits per heavy atom. The Kier molecular flexibility index (Phi) is 26.6. The van der Waals surface area contributed by atoms with Crippen LogP contribution in [0, 0.1) is 34.6 Å². The number of carbonyl (C=O) groups is 2. The van der Waals surface area contributed by atoms with Crippen LogP contribution < -0.4 is 10.6 Å². The summed E-state index contributed by atoms with van der Waals surface area (Å²) in [4.78, 5) is 64.5. The highest BCUT2D eigenvalue weighted by Gasteiger charge is 2.30. The molecule has 2 aromatic carbocycles. The molecule has 0 spiro atoms. The molecule has 8 aromatic heterocycles. The standard InChI is InChI=1S/C31H34N8O3.C17H14N4O.C15H23ClN4O2.2O2S.2H2S/c1-19-16-32-29(34-21-10-9-15-38(17-21)30(40)41-31(3,4)5)36-26(19)24-18-39(22-11-7-6-8-12-22)27-23(24)13-14-25(35-27)28-33-20(2)37-42-28;1-11-10-21(13-6-4-3-5-7-13)16-14(11)8-9-15(19-16)17-18-12(2)20-22-17;1-10-8-17-13(19-12(10)16)18-11-6-5-7-20(9-11)14(21)22-15(2,3)4;2*1-3-2;;/h6-8,11-14,16,18,21H,9-10,15,17H2,1-5H3,(H,32,34,36);3-10H,1-2H3;8,11H,5-7,9H2,1-4H3,(H,17,18,19);;;2*1H2/t21-;;11-;;;;/m0.0..../s1. The topological polar surface area (TPSA) is 316 Å². The van der Waals surface area contributed by atoms with Gasteiger partial charge in [-0.2, -0.15) is 53.8 Å². The number of rotatable bonds is 9. The van der Waals surface area contributed by atoms with E-state index in [1.807, 2.05) is 139 Å². The first-order chi connectivity index (χ1) is 43.9. The smallest absolute Gasteiger partial charge is 0.410 e. The summed E-state index contributed by atoms with van der Waals surface area (Å²) < 4.78 is 58.9. The van der Waals surface area contributed by atoms with E-state index in [1.54, 1.807) is 29.8 Å². The third kappa shape index (κ3) is 20.0. The van der Waals surface area contributed by atoms with Crippen LogP contribution in [0.1, 0.15) is 95.6 Å². The fourth-order valence-electron chi connectivity index (χ4n) is 9.98. The minimum Gasteiger partial charge on any atom is -0.444 e. The molecule has 2 aliphatic heterocycles. The van der Waals surface area contributed by atoms with Crippen LogP contribution >= 0.6 is 38.6 Å². The van der Waals surface area contributed by atoms with Crippen molar-refractivity contribution in [3.05, 3.63) is 143 Å². The Hall–Kier alpha value is -8.97. The molecule has 0 aliphatic carbocycles. The van der Waals surface area contributed by atoms with Gasteiger partial charge in [-0.25, -0.2) is 39.5 Å². The number of halogens is 1. The van der Waals surface area contributed by atoms with Gasteiger partial charge in [0.05, 0.1) is 5.69 Å². The summed E-state index contributed by atoms with van der Waals surface area (Å²) >= 11 is 4.51. The van der Waals surface area contributed by atoms with Crippen molar-refractivity contribution in [2.45, 2.75) is 125 Å². The van der Waals surface area contributed by atoms with E-state index in [4.69, 9.17) is 61.9 Å². The van der Waals surface area contributed by atoms with Gasteiger partial charge in [-0.15, -0.1) is 0 Å². The molecule has 0 radical (unpaired) electrons. The SMILES string of the molecule is Cc1cnc(N[C@H]2CCCN(C(=O)OC(C)(C)C)C2)nc1Cl.Cc1noc(-c2ccc3c(-c4nc(N[C@H]5CCCN(C(=O)OC(C)(C)C)C5)ncc4C)cn(-c4ccccc4)c3n2)n1.Cc1noc(-c2ccc3c(C)cn(-c4ccccc4)c3n2)n1.O=S=O.O=S=O.S.S. The number of fused-ring (bicyclic) bond motifs is 2. The molecule has 2 atom stereocenters. The molecule has 10 aromatic rings. The fourth-order valence-corrected chi connectivity index (χ4v) is 10.1. The van der Waals surface area contributed by atoms with Gasteiger partial charge in [0.25, 0.3) is 11.8 Å². The molecule has 0 unspecified atom stereocenters. The third-order valence-corrected chi connectivity index (χ3v) is 14.4. The average molecular weight is 1380 g/mol. The van der Waals surface area contributed by atoms with Gasteiger partial charge in [-0.05, 0) is 162 Å². The van der Waals surface area contributed by atoms with Crippen molar-refractivity contribution < 1.29 is 44.9 Å². The van der Waals surface area contributed by atoms with Crippen LogP contribution in [0.4, 0.5) is 21.5 Å². The number of aryl methyl sites for hydroxylation is 5. The van der Waals surface area contributed by atoms with Crippen LogP contribution in [-0.2, 0) is 32.6 Å². The Bertz CT molecular complexity index is 4230. The van der Waals surface area contributed by atoms with Gasteiger partial charge in [-0.1, -0.05) is 58.3 Å². The van der Waals surface area contributed by atoms with E-state index in [0.29, 0.717) is 78.0 Å². The number of carbonyl (C=O) groups excluding carboxylic acids is 2. The van der Waals surface area contributed by atoms with Crippen LogP contribution in [-0.4, -0.2) is 148 Å². The Morgan fingerprint density at radius 3 is 1.41 bits per heavy atom. The number of hydrogen-bond acceptors (Lipinski definition) is 22. The van der Waals surface area contributed by atoms with Gasteiger partial charge < -0.3 is 48.1 Å². The number of likely N-dealkylation sites (tertiary alicyclic amines) is 2. The van der Waals surface area contributed by atoms with Crippen molar-refractivity contribution in [1.82, 2.24) is 69.1 Å². The molecule has 94 heavy (non-hydrogen) atoms. The van der Waals surface area contributed by atoms with E-state index >= 15 is 0 Å². The summed E-state index contributed by atoms with van der Waals surface area (Å²) in [5.74, 6) is 2.97. The maximum atomic E-state index is 12.7. The second-order valence-electron chi connectivity index (χ2n) is 23.5. The van der Waals surface area contributed by atoms with Crippen LogP contribution in [0.25, 0.3) is 67.9 Å². The van der Waals surface area contributed by atoms with Gasteiger partial charge >= 0.3 is 35.3 Å². The van der Waals surface area contributed by atoms with Gasteiger partial charge in [0.15, 0.2) is 11.6 Å². The normalized spacial score (nSPS) is 14.3. The van der Waals surface area contributed by atoms with Gasteiger partial charge in [0.2, 0.25) is 11.9 Å². The number of pyridine rings is 2.